The number of halogens is 1. The number of hydrogen-bond donors (Lipinski definition) is 4. The Labute approximate surface area is 226 Å². The van der Waals surface area contributed by atoms with E-state index in [-0.39, 0.29) is 30.1 Å². The van der Waals surface area contributed by atoms with Crippen LogP contribution in [0, 0.1) is 28.1 Å². The van der Waals surface area contributed by atoms with E-state index in [2.05, 4.69) is 9.84 Å². The Hall–Kier alpha value is -2.33. The lowest BCUT2D eigenvalue weighted by molar-refractivity contribution is -0.179. The zero-order valence-electron chi connectivity index (χ0n) is 22.6. The monoisotopic (exact) mass is 569 g/mol. The number of rotatable bonds is 5. The van der Waals surface area contributed by atoms with Gasteiger partial charge in [0, 0.05) is 16.9 Å². The van der Waals surface area contributed by atoms with Gasteiger partial charge >= 0.3 is 13.9 Å². The van der Waals surface area contributed by atoms with Crippen LogP contribution in [-0.4, -0.2) is 51.1 Å². The number of alkyl halides is 1. The molecule has 0 spiro atoms. The van der Waals surface area contributed by atoms with Gasteiger partial charge in [-0.05, 0) is 79.5 Å². The van der Waals surface area contributed by atoms with E-state index in [4.69, 9.17) is 14.5 Å². The minimum atomic E-state index is -4.77. The quantitative estimate of drug-likeness (QED) is 0.379. The average molecular weight is 570 g/mol. The smallest absolute Gasteiger partial charge is 0.445 e. The third kappa shape index (κ3) is 5.38. The van der Waals surface area contributed by atoms with Gasteiger partial charge in [0.25, 0.3) is 5.91 Å². The highest BCUT2D eigenvalue weighted by atomic mass is 31.2. The minimum Gasteiger partial charge on any atom is -0.445 e. The lowest BCUT2D eigenvalue weighted by atomic mass is 9.46. The molecule has 2 bridgehead atoms. The molecule has 0 heterocycles. The lowest BCUT2D eigenvalue weighted by Crippen LogP contribution is -2.61. The molecule has 3 aliphatic carbocycles. The summed E-state index contributed by atoms with van der Waals surface area (Å²) >= 11 is 0. The predicted octanol–water partition coefficient (Wildman–Crippen LogP) is 4.31. The number of carbonyl (C=O) groups is 3. The van der Waals surface area contributed by atoms with Crippen LogP contribution in [0.15, 0.2) is 24.3 Å². The molecule has 3 fully saturated rings. The third-order valence-electron chi connectivity index (χ3n) is 9.91. The third-order valence-corrected chi connectivity index (χ3v) is 10.4. The van der Waals surface area contributed by atoms with Crippen molar-refractivity contribution in [2.75, 3.05) is 0 Å². The van der Waals surface area contributed by atoms with E-state index in [9.17, 15) is 24.1 Å². The normalized spacial score (nSPS) is 38.3. The van der Waals surface area contributed by atoms with Crippen molar-refractivity contribution in [3.63, 3.8) is 0 Å². The van der Waals surface area contributed by atoms with E-state index in [1.54, 1.807) is 0 Å². The maximum absolute atomic E-state index is 15.0. The highest BCUT2D eigenvalue weighted by Crippen LogP contribution is 2.66. The summed E-state index contributed by atoms with van der Waals surface area (Å²) in [6.45, 7) is 7.69. The zero-order chi connectivity index (χ0) is 29.0. The molecule has 0 radical (unpaired) electrons. The number of ether oxygens (including phenoxy) is 1. The van der Waals surface area contributed by atoms with Crippen LogP contribution in [0.1, 0.15) is 76.6 Å². The number of ketones is 1. The summed E-state index contributed by atoms with van der Waals surface area (Å²) in [7, 11) is -4.77. The first-order valence-electron chi connectivity index (χ1n) is 13.3. The van der Waals surface area contributed by atoms with E-state index in [1.165, 1.54) is 24.3 Å². The van der Waals surface area contributed by atoms with Gasteiger partial charge in [-0.2, -0.15) is 0 Å². The van der Waals surface area contributed by atoms with E-state index in [0.29, 0.717) is 25.7 Å². The first kappa shape index (κ1) is 29.6. The maximum atomic E-state index is 15.0. The topological polar surface area (TPSA) is 159 Å². The highest BCUT2D eigenvalue weighted by molar-refractivity contribution is 7.46. The molecule has 0 saturated heterocycles. The number of Topliss-reactive ketones (excluding diaryl/α,β-unsaturated/α-hetero) is 1. The molecular formula is C27H37FNO9P. The average Bonchev–Trinajstić information content (AvgIpc) is 3.09. The number of hydrogen-bond acceptors (Lipinski definition) is 7. The second-order valence-electron chi connectivity index (χ2n) is 12.1. The summed E-state index contributed by atoms with van der Waals surface area (Å²) in [6, 6.07) is 4.80. The molecule has 1 aromatic rings. The Morgan fingerprint density at radius 1 is 1.15 bits per heavy atom. The van der Waals surface area contributed by atoms with Gasteiger partial charge < -0.3 is 14.4 Å². The molecule has 216 valence electrons. The number of aliphatic hydroxyl groups is 1. The largest absolute Gasteiger partial charge is 0.524 e. The van der Waals surface area contributed by atoms with Crippen LogP contribution >= 0.6 is 7.82 Å². The number of amides is 2. The van der Waals surface area contributed by atoms with Crippen molar-refractivity contribution in [1.82, 2.24) is 5.32 Å². The number of imide groups is 1. The van der Waals surface area contributed by atoms with Crippen LogP contribution in [0.2, 0.25) is 0 Å². The summed E-state index contributed by atoms with van der Waals surface area (Å²) in [5.74, 6) is -2.29. The molecule has 1 aromatic carbocycles. The standard InChI is InChI=1S/C27H37FNO9P/c1-5-25(3)14-20(37-24(33)29-23(32)16-6-8-17(9-7-16)38-39(34,35)36)26(4)15(2)10-11-27(13-19(25)30)12-18(28)21(31)22(26)27/h6-9,15,18-20,22,30H,5,10-14H2,1-4H3,(H,29,32,33)(H2,34,35,36)/t15-,18+,19+,20-,22+,25-,26+,27?/m1/s1. The number of phosphoric acid groups is 1. The van der Waals surface area contributed by atoms with E-state index in [0.717, 1.165) is 0 Å². The summed E-state index contributed by atoms with van der Waals surface area (Å²) in [4.78, 5) is 56.9. The summed E-state index contributed by atoms with van der Waals surface area (Å²) in [5, 5.41) is 13.5. The van der Waals surface area contributed by atoms with Crippen molar-refractivity contribution >= 4 is 25.6 Å². The van der Waals surface area contributed by atoms with Gasteiger partial charge in [-0.25, -0.2) is 13.8 Å². The zero-order valence-corrected chi connectivity index (χ0v) is 23.4. The Bertz CT molecular complexity index is 1190. The number of benzene rings is 1. The van der Waals surface area contributed by atoms with Crippen molar-refractivity contribution in [2.45, 2.75) is 84.6 Å². The van der Waals surface area contributed by atoms with Crippen molar-refractivity contribution in [2.24, 2.45) is 28.1 Å². The molecule has 4 rings (SSSR count). The molecule has 2 amide bonds. The molecule has 0 aliphatic heterocycles. The van der Waals surface area contributed by atoms with Crippen molar-refractivity contribution in [1.29, 1.82) is 0 Å². The van der Waals surface area contributed by atoms with Crippen molar-refractivity contribution < 1.29 is 47.5 Å². The molecule has 12 heteroatoms. The van der Waals surface area contributed by atoms with Gasteiger partial charge in [0.15, 0.2) is 12.0 Å². The number of nitrogens with one attached hydrogen (secondary N) is 1. The second kappa shape index (κ2) is 10.3. The van der Waals surface area contributed by atoms with Gasteiger partial charge in [-0.15, -0.1) is 0 Å². The van der Waals surface area contributed by atoms with E-state index < -0.39 is 66.1 Å². The van der Waals surface area contributed by atoms with Crippen LogP contribution in [0.5, 0.6) is 5.75 Å². The fourth-order valence-electron chi connectivity index (χ4n) is 7.26. The molecule has 0 aromatic heterocycles. The van der Waals surface area contributed by atoms with Gasteiger partial charge in [-0.3, -0.25) is 24.7 Å². The Morgan fingerprint density at radius 3 is 2.38 bits per heavy atom. The van der Waals surface area contributed by atoms with Crippen LogP contribution < -0.4 is 9.84 Å². The molecule has 39 heavy (non-hydrogen) atoms. The molecule has 8 atom stereocenters. The van der Waals surface area contributed by atoms with Gasteiger partial charge in [0.2, 0.25) is 0 Å². The Balaban J connectivity index is 1.61. The summed E-state index contributed by atoms with van der Waals surface area (Å²) < 4.78 is 36.4. The predicted molar refractivity (Wildman–Crippen MR) is 137 cm³/mol. The summed E-state index contributed by atoms with van der Waals surface area (Å²) in [6.07, 6.45) is -1.92. The fraction of sp³-hybridized carbons (Fsp3) is 0.667. The second-order valence-corrected chi connectivity index (χ2v) is 13.2. The lowest BCUT2D eigenvalue weighted by Gasteiger charge is -2.59. The fourth-order valence-corrected chi connectivity index (χ4v) is 7.66. The number of alkyl carbamates (subject to hydrolysis) is 1. The highest BCUT2D eigenvalue weighted by Gasteiger charge is 2.68. The van der Waals surface area contributed by atoms with Gasteiger partial charge in [-0.1, -0.05) is 27.7 Å². The Kier molecular flexibility index (Phi) is 7.79. The van der Waals surface area contributed by atoms with Crippen LogP contribution in [0.25, 0.3) is 0 Å². The molecule has 10 nitrogen and oxygen atoms in total. The van der Waals surface area contributed by atoms with Crippen LogP contribution in [-0.2, 0) is 14.1 Å². The first-order chi connectivity index (χ1) is 18.0. The van der Waals surface area contributed by atoms with E-state index >= 15 is 4.39 Å². The maximum Gasteiger partial charge on any atom is 0.524 e. The van der Waals surface area contributed by atoms with Gasteiger partial charge in [0.05, 0.1) is 6.10 Å². The van der Waals surface area contributed by atoms with Crippen molar-refractivity contribution in [3.8, 4) is 5.75 Å². The molecule has 4 N–H and O–H groups in total. The van der Waals surface area contributed by atoms with Crippen molar-refractivity contribution in [3.05, 3.63) is 29.8 Å². The van der Waals surface area contributed by atoms with Gasteiger partial charge in [0.1, 0.15) is 11.9 Å². The Morgan fingerprint density at radius 2 is 1.79 bits per heavy atom. The SMILES string of the molecule is CC[C@]1(C)C[C@@H](OC(=O)NC(=O)c2ccc(OP(=O)(O)O)cc2)[C@]2(C)[C@H](C)CCC3(C[C@H](F)C(=O)[C@H]32)C[C@@H]1O. The minimum absolute atomic E-state index is 0.0130. The number of aliphatic hydroxyl groups excluding tert-OH is 1. The van der Waals surface area contributed by atoms with E-state index in [1.807, 2.05) is 27.7 Å². The molecule has 3 aliphatic rings. The number of phosphoric ester groups is 1. The first-order valence-corrected chi connectivity index (χ1v) is 14.8. The van der Waals surface area contributed by atoms with Crippen LogP contribution in [0.3, 0.4) is 0 Å². The number of carbonyl (C=O) groups excluding carboxylic acids is 3. The molecule has 1 unspecified atom stereocenters. The molecule has 3 saturated carbocycles. The van der Waals surface area contributed by atoms with Crippen LogP contribution in [0.4, 0.5) is 9.18 Å². The molecular weight excluding hydrogens is 532 g/mol. The summed E-state index contributed by atoms with van der Waals surface area (Å²) in [5.41, 5.74) is -2.29.